The fourth-order valence-electron chi connectivity index (χ4n) is 6.28. The van der Waals surface area contributed by atoms with Gasteiger partial charge in [0, 0.05) is 17.8 Å². The molecule has 3 aromatic rings. The van der Waals surface area contributed by atoms with E-state index in [2.05, 4.69) is 30.3 Å². The lowest BCUT2D eigenvalue weighted by Crippen LogP contribution is -2.54. The monoisotopic (exact) mass is 465 g/mol. The van der Waals surface area contributed by atoms with Crippen molar-refractivity contribution in [2.75, 3.05) is 11.5 Å². The van der Waals surface area contributed by atoms with Crippen molar-refractivity contribution in [2.24, 2.45) is 5.92 Å². The van der Waals surface area contributed by atoms with Gasteiger partial charge in [0.2, 0.25) is 0 Å². The molecule has 0 unspecified atom stereocenters. The maximum atomic E-state index is 13.7. The second kappa shape index (κ2) is 8.42. The summed E-state index contributed by atoms with van der Waals surface area (Å²) >= 11 is 0. The van der Waals surface area contributed by atoms with Gasteiger partial charge in [-0.25, -0.2) is 9.59 Å². The number of amides is 1. The van der Waals surface area contributed by atoms with Crippen molar-refractivity contribution in [1.82, 2.24) is 0 Å². The number of ether oxygens (including phenoxy) is 1. The van der Waals surface area contributed by atoms with E-state index in [4.69, 9.17) is 4.74 Å². The third kappa shape index (κ3) is 3.29. The fourth-order valence-corrected chi connectivity index (χ4v) is 6.28. The minimum Gasteiger partial charge on any atom is -0.480 e. The quantitative estimate of drug-likeness (QED) is 0.471. The average molecular weight is 466 g/mol. The van der Waals surface area contributed by atoms with E-state index in [1.807, 2.05) is 55.5 Å². The summed E-state index contributed by atoms with van der Waals surface area (Å²) in [6.45, 7) is 2.18. The molecule has 0 saturated heterocycles. The lowest BCUT2D eigenvalue weighted by molar-refractivity contribution is -0.140. The third-order valence-corrected chi connectivity index (χ3v) is 7.81. The van der Waals surface area contributed by atoms with Crippen molar-refractivity contribution in [2.45, 2.75) is 37.6 Å². The molecule has 3 aromatic carbocycles. The minimum atomic E-state index is -0.992. The van der Waals surface area contributed by atoms with Crippen LogP contribution in [0.4, 0.5) is 10.5 Å². The number of nitrogens with zero attached hydrogens (tertiary/aromatic N) is 1. The maximum Gasteiger partial charge on any atom is 0.415 e. The number of rotatable bonds is 4. The van der Waals surface area contributed by atoms with Gasteiger partial charge in [-0.3, -0.25) is 4.90 Å². The summed E-state index contributed by atoms with van der Waals surface area (Å²) < 4.78 is 5.97. The number of carboxylic acid groups (broad SMARTS) is 1. The van der Waals surface area contributed by atoms with Gasteiger partial charge in [-0.2, -0.15) is 0 Å². The fraction of sp³-hybridized carbons (Fsp3) is 0.267. The van der Waals surface area contributed by atoms with Crippen LogP contribution in [0.5, 0.6) is 0 Å². The standard InChI is InChI=1S/C30H27NO4/c1-2-18-9-7-15-24-23-14-8-16-25(23)28(29(32)33)31(27(18)24)30(34)35-17-26-21-12-5-3-10-19(21)20-11-4-6-13-22(20)26/h3-15,23,25-26,28H,2,16-17H2,1H3,(H,32,33)/t23-,25-,28+/m0/s1. The number of hydrogen-bond donors (Lipinski definition) is 1. The molecule has 5 heteroatoms. The van der Waals surface area contributed by atoms with E-state index in [9.17, 15) is 14.7 Å². The molecule has 1 amide bonds. The Morgan fingerprint density at radius 1 is 0.943 bits per heavy atom. The predicted octanol–water partition coefficient (Wildman–Crippen LogP) is 6.13. The first kappa shape index (κ1) is 21.7. The Kier molecular flexibility index (Phi) is 5.21. The Labute approximate surface area is 204 Å². The zero-order valence-electron chi connectivity index (χ0n) is 19.6. The molecule has 35 heavy (non-hydrogen) atoms. The molecular formula is C30H27NO4. The van der Waals surface area contributed by atoms with Gasteiger partial charge in [-0.05, 0) is 46.2 Å². The van der Waals surface area contributed by atoms with Gasteiger partial charge in [-0.15, -0.1) is 0 Å². The van der Waals surface area contributed by atoms with E-state index in [0.717, 1.165) is 33.4 Å². The van der Waals surface area contributed by atoms with E-state index in [-0.39, 0.29) is 24.4 Å². The summed E-state index contributed by atoms with van der Waals surface area (Å²) in [4.78, 5) is 27.7. The summed E-state index contributed by atoms with van der Waals surface area (Å²) in [5.41, 5.74) is 7.24. The van der Waals surface area contributed by atoms with E-state index < -0.39 is 18.1 Å². The third-order valence-electron chi connectivity index (χ3n) is 7.81. The van der Waals surface area contributed by atoms with Crippen molar-refractivity contribution in [3.8, 4) is 11.1 Å². The van der Waals surface area contributed by atoms with E-state index in [1.54, 1.807) is 0 Å². The van der Waals surface area contributed by atoms with Gasteiger partial charge in [0.15, 0.2) is 0 Å². The Balaban J connectivity index is 1.36. The summed E-state index contributed by atoms with van der Waals surface area (Å²) in [5.74, 6) is -1.28. The topological polar surface area (TPSA) is 66.8 Å². The highest BCUT2D eigenvalue weighted by molar-refractivity contribution is 5.98. The normalized spacial score (nSPS) is 21.7. The zero-order chi connectivity index (χ0) is 24.1. The molecule has 1 heterocycles. The molecule has 0 radical (unpaired) electrons. The lowest BCUT2D eigenvalue weighted by atomic mass is 9.77. The van der Waals surface area contributed by atoms with Crippen molar-refractivity contribution in [1.29, 1.82) is 0 Å². The van der Waals surface area contributed by atoms with E-state index >= 15 is 0 Å². The molecule has 6 rings (SSSR count). The summed E-state index contributed by atoms with van der Waals surface area (Å²) in [6.07, 6.45) is 4.86. The number of aryl methyl sites for hydroxylation is 1. The van der Waals surface area contributed by atoms with Gasteiger partial charge in [-0.1, -0.05) is 85.8 Å². The number of anilines is 1. The molecule has 0 fully saturated rings. The largest absolute Gasteiger partial charge is 0.480 e. The van der Waals surface area contributed by atoms with Crippen LogP contribution in [0.15, 0.2) is 78.9 Å². The molecule has 3 atom stereocenters. The number of para-hydroxylation sites is 1. The molecule has 0 saturated carbocycles. The maximum absolute atomic E-state index is 13.7. The SMILES string of the molecule is CCc1cccc2c1N(C(=O)OCC1c3ccccc3-c3ccccc31)[C@@H](C(=O)O)[C@H]1CC=C[C@@H]21. The number of hydrogen-bond acceptors (Lipinski definition) is 3. The van der Waals surface area contributed by atoms with E-state index in [0.29, 0.717) is 18.5 Å². The second-order valence-corrected chi connectivity index (χ2v) is 9.52. The number of fused-ring (bicyclic) bond motifs is 6. The predicted molar refractivity (Wildman–Crippen MR) is 135 cm³/mol. The number of allylic oxidation sites excluding steroid dienone is 2. The van der Waals surface area contributed by atoms with Crippen LogP contribution < -0.4 is 4.90 Å². The molecule has 1 N–H and O–H groups in total. The van der Waals surface area contributed by atoms with Crippen molar-refractivity contribution in [3.63, 3.8) is 0 Å². The summed E-state index contributed by atoms with van der Waals surface area (Å²) in [6, 6.07) is 21.4. The molecule has 5 nitrogen and oxygen atoms in total. The first-order valence-corrected chi connectivity index (χ1v) is 12.3. The van der Waals surface area contributed by atoms with E-state index in [1.165, 1.54) is 4.90 Å². The Bertz CT molecular complexity index is 1310. The van der Waals surface area contributed by atoms with Crippen LogP contribution in [0.3, 0.4) is 0 Å². The number of aliphatic carboxylic acids is 1. The first-order chi connectivity index (χ1) is 17.1. The molecular weight excluding hydrogens is 438 g/mol. The molecule has 3 aliphatic rings. The van der Waals surface area contributed by atoms with Crippen LogP contribution >= 0.6 is 0 Å². The van der Waals surface area contributed by atoms with Crippen LogP contribution in [0.25, 0.3) is 11.1 Å². The van der Waals surface area contributed by atoms with Crippen LogP contribution in [0.2, 0.25) is 0 Å². The molecule has 1 aliphatic heterocycles. The van der Waals surface area contributed by atoms with Crippen LogP contribution in [0.1, 0.15) is 47.4 Å². The van der Waals surface area contributed by atoms with Gasteiger partial charge in [0.1, 0.15) is 12.6 Å². The minimum absolute atomic E-state index is 0.00441. The smallest absolute Gasteiger partial charge is 0.415 e. The summed E-state index contributed by atoms with van der Waals surface area (Å²) in [7, 11) is 0. The molecule has 2 aliphatic carbocycles. The van der Waals surface area contributed by atoms with Crippen LogP contribution in [-0.4, -0.2) is 29.8 Å². The van der Waals surface area contributed by atoms with Gasteiger partial charge >= 0.3 is 12.1 Å². The van der Waals surface area contributed by atoms with Crippen molar-refractivity contribution >= 4 is 17.7 Å². The number of carboxylic acids is 1. The molecule has 0 bridgehead atoms. The van der Waals surface area contributed by atoms with Crippen LogP contribution in [-0.2, 0) is 16.0 Å². The van der Waals surface area contributed by atoms with Crippen molar-refractivity contribution in [3.05, 3.63) is 101 Å². The Morgan fingerprint density at radius 3 is 2.26 bits per heavy atom. The second-order valence-electron chi connectivity index (χ2n) is 9.52. The molecule has 0 spiro atoms. The van der Waals surface area contributed by atoms with Crippen LogP contribution in [0, 0.1) is 5.92 Å². The van der Waals surface area contributed by atoms with Gasteiger partial charge in [0.25, 0.3) is 0 Å². The highest BCUT2D eigenvalue weighted by Gasteiger charge is 2.49. The number of carbonyl (C=O) groups is 2. The Hall–Kier alpha value is -3.86. The molecule has 176 valence electrons. The zero-order valence-corrected chi connectivity index (χ0v) is 19.6. The number of benzene rings is 3. The van der Waals surface area contributed by atoms with Crippen molar-refractivity contribution < 1.29 is 19.4 Å². The van der Waals surface area contributed by atoms with Gasteiger partial charge < -0.3 is 9.84 Å². The van der Waals surface area contributed by atoms with Gasteiger partial charge in [0.05, 0.1) is 5.69 Å². The highest BCUT2D eigenvalue weighted by atomic mass is 16.6. The number of carbonyl (C=O) groups excluding carboxylic acids is 1. The summed E-state index contributed by atoms with van der Waals surface area (Å²) in [5, 5.41) is 10.3. The lowest BCUT2D eigenvalue weighted by Gasteiger charge is -2.42. The Morgan fingerprint density at radius 2 is 1.60 bits per heavy atom. The molecule has 0 aromatic heterocycles. The first-order valence-electron chi connectivity index (χ1n) is 12.3. The highest BCUT2D eigenvalue weighted by Crippen LogP contribution is 2.49. The average Bonchev–Trinajstić information content (AvgIpc) is 3.49.